The standard InChI is InChI=1S/C13H21NO2/c1-2-16-11-8-10(13(11)6-3-7-13)14-12(15)9-4-5-9/h9-11H,2-8H2,1H3,(H,14,15)/t10-,11+/m0/s1. The minimum absolute atomic E-state index is 0.297. The van der Waals surface area contributed by atoms with E-state index in [4.69, 9.17) is 4.74 Å². The third-order valence-corrected chi connectivity index (χ3v) is 4.70. The summed E-state index contributed by atoms with van der Waals surface area (Å²) in [6.07, 6.45) is 7.43. The van der Waals surface area contributed by atoms with E-state index in [1.54, 1.807) is 0 Å². The maximum absolute atomic E-state index is 11.7. The molecule has 0 radical (unpaired) electrons. The van der Waals surface area contributed by atoms with Crippen LogP contribution in [0.4, 0.5) is 0 Å². The van der Waals surface area contributed by atoms with Crippen LogP contribution in [-0.4, -0.2) is 24.7 Å². The van der Waals surface area contributed by atoms with Crippen molar-refractivity contribution in [1.29, 1.82) is 0 Å². The van der Waals surface area contributed by atoms with Crippen LogP contribution in [0, 0.1) is 11.3 Å². The fourth-order valence-corrected chi connectivity index (χ4v) is 3.28. The lowest BCUT2D eigenvalue weighted by atomic mass is 9.51. The molecule has 3 fully saturated rings. The van der Waals surface area contributed by atoms with Crippen molar-refractivity contribution < 1.29 is 9.53 Å². The Morgan fingerprint density at radius 1 is 1.44 bits per heavy atom. The summed E-state index contributed by atoms with van der Waals surface area (Å²) < 4.78 is 5.77. The van der Waals surface area contributed by atoms with Gasteiger partial charge in [0.05, 0.1) is 6.10 Å². The van der Waals surface area contributed by atoms with Gasteiger partial charge in [0.2, 0.25) is 5.91 Å². The molecular formula is C13H21NO2. The highest BCUT2D eigenvalue weighted by atomic mass is 16.5. The topological polar surface area (TPSA) is 38.3 Å². The predicted octanol–water partition coefficient (Wildman–Crippen LogP) is 1.86. The van der Waals surface area contributed by atoms with Crippen LogP contribution in [0.1, 0.15) is 45.4 Å². The number of nitrogens with one attached hydrogen (secondary N) is 1. The molecule has 0 unspecified atom stereocenters. The van der Waals surface area contributed by atoms with Crippen molar-refractivity contribution in [2.75, 3.05) is 6.61 Å². The molecule has 0 bridgehead atoms. The number of amides is 1. The summed E-state index contributed by atoms with van der Waals surface area (Å²) in [4.78, 5) is 11.7. The van der Waals surface area contributed by atoms with Gasteiger partial charge >= 0.3 is 0 Å². The third kappa shape index (κ3) is 1.48. The fourth-order valence-electron chi connectivity index (χ4n) is 3.28. The first kappa shape index (κ1) is 10.6. The maximum atomic E-state index is 11.7. The van der Waals surface area contributed by atoms with Crippen LogP contribution in [0.15, 0.2) is 0 Å². The van der Waals surface area contributed by atoms with Crippen molar-refractivity contribution >= 4 is 5.91 Å². The average molecular weight is 223 g/mol. The van der Waals surface area contributed by atoms with E-state index < -0.39 is 0 Å². The lowest BCUT2D eigenvalue weighted by Gasteiger charge is -2.61. The lowest BCUT2D eigenvalue weighted by molar-refractivity contribution is -0.176. The van der Waals surface area contributed by atoms with Crippen LogP contribution >= 0.6 is 0 Å². The number of carbonyl (C=O) groups excluding carboxylic acids is 1. The molecule has 0 aromatic rings. The van der Waals surface area contributed by atoms with E-state index in [1.807, 2.05) is 0 Å². The third-order valence-electron chi connectivity index (χ3n) is 4.70. The second-order valence-corrected chi connectivity index (χ2v) is 5.60. The lowest BCUT2D eigenvalue weighted by Crippen LogP contribution is -2.67. The Bertz CT molecular complexity index is 294. The predicted molar refractivity (Wildman–Crippen MR) is 61.0 cm³/mol. The molecule has 0 saturated heterocycles. The first-order valence-electron chi connectivity index (χ1n) is 6.68. The Labute approximate surface area is 96.9 Å². The van der Waals surface area contributed by atoms with E-state index in [1.165, 1.54) is 19.3 Å². The van der Waals surface area contributed by atoms with Crippen molar-refractivity contribution in [2.24, 2.45) is 11.3 Å². The first-order valence-corrected chi connectivity index (χ1v) is 6.68. The Balaban J connectivity index is 1.58. The molecule has 3 aliphatic carbocycles. The fraction of sp³-hybridized carbons (Fsp3) is 0.923. The van der Waals surface area contributed by atoms with Gasteiger partial charge in [-0.05, 0) is 39.0 Å². The monoisotopic (exact) mass is 223 g/mol. The molecule has 0 heterocycles. The maximum Gasteiger partial charge on any atom is 0.223 e. The molecule has 2 atom stereocenters. The molecule has 1 N–H and O–H groups in total. The van der Waals surface area contributed by atoms with Gasteiger partial charge in [-0.3, -0.25) is 4.79 Å². The van der Waals surface area contributed by atoms with Gasteiger partial charge in [0.25, 0.3) is 0 Å². The molecule has 3 heteroatoms. The number of hydrogen-bond acceptors (Lipinski definition) is 2. The molecule has 3 rings (SSSR count). The Morgan fingerprint density at radius 2 is 2.19 bits per heavy atom. The van der Waals surface area contributed by atoms with Crippen molar-refractivity contribution in [3.63, 3.8) is 0 Å². The number of rotatable bonds is 4. The van der Waals surface area contributed by atoms with Gasteiger partial charge in [-0.1, -0.05) is 6.42 Å². The average Bonchev–Trinajstić information content (AvgIpc) is 2.96. The van der Waals surface area contributed by atoms with Crippen molar-refractivity contribution in [3.8, 4) is 0 Å². The highest BCUT2D eigenvalue weighted by Gasteiger charge is 2.59. The van der Waals surface area contributed by atoms with Crippen molar-refractivity contribution in [1.82, 2.24) is 5.32 Å². The second-order valence-electron chi connectivity index (χ2n) is 5.60. The Morgan fingerprint density at radius 3 is 2.69 bits per heavy atom. The van der Waals surface area contributed by atoms with Crippen LogP contribution < -0.4 is 5.32 Å². The molecule has 1 spiro atoms. The van der Waals surface area contributed by atoms with Crippen molar-refractivity contribution in [2.45, 2.75) is 57.6 Å². The first-order chi connectivity index (χ1) is 7.76. The molecular weight excluding hydrogens is 202 g/mol. The van der Waals surface area contributed by atoms with Crippen LogP contribution in [0.2, 0.25) is 0 Å². The molecule has 3 nitrogen and oxygen atoms in total. The molecule has 0 aromatic carbocycles. The quantitative estimate of drug-likeness (QED) is 0.790. The number of ether oxygens (including phenoxy) is 1. The zero-order chi connectivity index (χ0) is 11.2. The van der Waals surface area contributed by atoms with Crippen LogP contribution in [0.3, 0.4) is 0 Å². The molecule has 16 heavy (non-hydrogen) atoms. The summed E-state index contributed by atoms with van der Waals surface area (Å²) in [6, 6.07) is 0.408. The summed E-state index contributed by atoms with van der Waals surface area (Å²) in [5.41, 5.74) is 0.320. The van der Waals surface area contributed by atoms with E-state index in [2.05, 4.69) is 12.2 Å². The minimum atomic E-state index is 0.297. The van der Waals surface area contributed by atoms with E-state index in [0.717, 1.165) is 25.9 Å². The molecule has 3 aliphatic rings. The summed E-state index contributed by atoms with van der Waals surface area (Å²) in [5.74, 6) is 0.634. The van der Waals surface area contributed by atoms with Gasteiger partial charge in [0.1, 0.15) is 0 Å². The van der Waals surface area contributed by atoms with Crippen LogP contribution in [0.25, 0.3) is 0 Å². The summed E-state index contributed by atoms with van der Waals surface area (Å²) in [5, 5.41) is 3.24. The molecule has 3 saturated carbocycles. The van der Waals surface area contributed by atoms with Crippen LogP contribution in [-0.2, 0) is 9.53 Å². The normalized spacial score (nSPS) is 35.3. The molecule has 0 aromatic heterocycles. The zero-order valence-electron chi connectivity index (χ0n) is 10.00. The van der Waals surface area contributed by atoms with E-state index in [9.17, 15) is 4.79 Å². The van der Waals surface area contributed by atoms with Crippen LogP contribution in [0.5, 0.6) is 0 Å². The van der Waals surface area contributed by atoms with E-state index in [-0.39, 0.29) is 0 Å². The molecule has 1 amide bonds. The van der Waals surface area contributed by atoms with Gasteiger partial charge < -0.3 is 10.1 Å². The minimum Gasteiger partial charge on any atom is -0.378 e. The Hall–Kier alpha value is -0.570. The molecule has 0 aliphatic heterocycles. The largest absolute Gasteiger partial charge is 0.378 e. The van der Waals surface area contributed by atoms with Gasteiger partial charge in [0, 0.05) is 24.0 Å². The highest BCUT2D eigenvalue weighted by Crippen LogP contribution is 2.57. The zero-order valence-corrected chi connectivity index (χ0v) is 10.00. The number of hydrogen-bond donors (Lipinski definition) is 1. The highest BCUT2D eigenvalue weighted by molar-refractivity contribution is 5.81. The van der Waals surface area contributed by atoms with E-state index in [0.29, 0.717) is 29.4 Å². The van der Waals surface area contributed by atoms with Gasteiger partial charge in [-0.25, -0.2) is 0 Å². The van der Waals surface area contributed by atoms with Gasteiger partial charge in [-0.15, -0.1) is 0 Å². The summed E-state index contributed by atoms with van der Waals surface area (Å²) >= 11 is 0. The summed E-state index contributed by atoms with van der Waals surface area (Å²) in [7, 11) is 0. The van der Waals surface area contributed by atoms with Gasteiger partial charge in [-0.2, -0.15) is 0 Å². The van der Waals surface area contributed by atoms with Gasteiger partial charge in [0.15, 0.2) is 0 Å². The second kappa shape index (κ2) is 3.73. The Kier molecular flexibility index (Phi) is 2.46. The number of carbonyl (C=O) groups is 1. The van der Waals surface area contributed by atoms with E-state index >= 15 is 0 Å². The SMILES string of the molecule is CCO[C@@H]1C[C@H](NC(=O)C2CC2)C12CCC2. The smallest absolute Gasteiger partial charge is 0.223 e. The summed E-state index contributed by atoms with van der Waals surface area (Å²) in [6.45, 7) is 2.86. The molecule has 90 valence electrons. The van der Waals surface area contributed by atoms with Crippen molar-refractivity contribution in [3.05, 3.63) is 0 Å².